The number of benzene rings is 1. The molecule has 0 spiro atoms. The highest BCUT2D eigenvalue weighted by atomic mass is 16.6. The molecule has 26 heavy (non-hydrogen) atoms. The molecule has 0 amide bonds. The third kappa shape index (κ3) is 6.09. The molecular weight excluding hydrogens is 336 g/mol. The van der Waals surface area contributed by atoms with Crippen molar-refractivity contribution in [3.63, 3.8) is 0 Å². The van der Waals surface area contributed by atoms with E-state index in [1.807, 2.05) is 0 Å². The van der Waals surface area contributed by atoms with Crippen LogP contribution in [0.3, 0.4) is 0 Å². The van der Waals surface area contributed by atoms with E-state index in [2.05, 4.69) is 20.3 Å². The average Bonchev–Trinajstić information content (AvgIpc) is 3.12. The van der Waals surface area contributed by atoms with Crippen molar-refractivity contribution in [2.75, 3.05) is 11.9 Å². The van der Waals surface area contributed by atoms with Crippen LogP contribution in [-0.2, 0) is 4.79 Å². The third-order valence-corrected chi connectivity index (χ3v) is 4.41. The summed E-state index contributed by atoms with van der Waals surface area (Å²) in [6.07, 6.45) is 12.2. The second kappa shape index (κ2) is 11.2. The predicted octanol–water partition coefficient (Wildman–Crippen LogP) is 4.64. The van der Waals surface area contributed by atoms with Crippen LogP contribution in [0.15, 0.2) is 16.8 Å². The lowest BCUT2D eigenvalue weighted by molar-refractivity contribution is -0.383. The molecule has 0 bridgehead atoms. The lowest BCUT2D eigenvalue weighted by Crippen LogP contribution is -2.02. The number of nitro groups is 1. The minimum Gasteiger partial charge on any atom is -0.383 e. The van der Waals surface area contributed by atoms with Gasteiger partial charge in [0.1, 0.15) is 6.29 Å². The molecule has 8 heteroatoms. The maximum Gasteiger partial charge on any atom is 0.300 e. The van der Waals surface area contributed by atoms with Crippen molar-refractivity contribution in [3.8, 4) is 0 Å². The third-order valence-electron chi connectivity index (χ3n) is 4.41. The maximum atomic E-state index is 11.0. The molecule has 8 nitrogen and oxygen atoms in total. The van der Waals surface area contributed by atoms with Crippen molar-refractivity contribution in [2.45, 2.75) is 64.2 Å². The van der Waals surface area contributed by atoms with E-state index >= 15 is 0 Å². The lowest BCUT2D eigenvalue weighted by atomic mass is 10.1. The van der Waals surface area contributed by atoms with Crippen LogP contribution in [0.4, 0.5) is 11.4 Å². The molecule has 142 valence electrons. The fourth-order valence-electron chi connectivity index (χ4n) is 2.96. The van der Waals surface area contributed by atoms with Crippen LogP contribution in [-0.4, -0.2) is 28.1 Å². The van der Waals surface area contributed by atoms with Gasteiger partial charge in [0.15, 0.2) is 5.52 Å². The first kappa shape index (κ1) is 19.8. The van der Waals surface area contributed by atoms with Gasteiger partial charge >= 0.3 is 5.69 Å². The quantitative estimate of drug-likeness (QED) is 0.225. The monoisotopic (exact) mass is 362 g/mol. The fraction of sp³-hybridized carbons (Fsp3) is 0.611. The molecule has 0 unspecified atom stereocenters. The van der Waals surface area contributed by atoms with Crippen molar-refractivity contribution in [3.05, 3.63) is 22.2 Å². The van der Waals surface area contributed by atoms with Gasteiger partial charge in [-0.2, -0.15) is 0 Å². The summed E-state index contributed by atoms with van der Waals surface area (Å²) in [5.41, 5.74) is 1.18. The smallest absolute Gasteiger partial charge is 0.300 e. The van der Waals surface area contributed by atoms with Gasteiger partial charge < -0.3 is 10.1 Å². The number of rotatable bonds is 14. The van der Waals surface area contributed by atoms with Gasteiger partial charge in [0.2, 0.25) is 5.52 Å². The number of nitrogens with one attached hydrogen (secondary N) is 1. The van der Waals surface area contributed by atoms with E-state index in [1.54, 1.807) is 6.07 Å². The number of fused-ring (bicyclic) bond motifs is 1. The molecule has 0 aliphatic heterocycles. The molecule has 0 aliphatic rings. The Bertz CT molecular complexity index is 702. The van der Waals surface area contributed by atoms with Crippen molar-refractivity contribution in [2.24, 2.45) is 0 Å². The summed E-state index contributed by atoms with van der Waals surface area (Å²) in [6, 6.07) is 3.07. The van der Waals surface area contributed by atoms with Crippen LogP contribution in [0.1, 0.15) is 64.2 Å². The Balaban J connectivity index is 1.59. The predicted molar refractivity (Wildman–Crippen MR) is 99.2 cm³/mol. The number of non-ortho nitro benzene ring substituents is 1. The van der Waals surface area contributed by atoms with Crippen LogP contribution in [0.2, 0.25) is 0 Å². The summed E-state index contributed by atoms with van der Waals surface area (Å²) in [5.74, 6) is 0. The minimum absolute atomic E-state index is 0.0991. The zero-order valence-corrected chi connectivity index (χ0v) is 15.0. The first-order valence-corrected chi connectivity index (χ1v) is 9.31. The summed E-state index contributed by atoms with van der Waals surface area (Å²) in [4.78, 5) is 20.7. The molecule has 1 aromatic carbocycles. The molecule has 1 aromatic heterocycles. The van der Waals surface area contributed by atoms with Crippen molar-refractivity contribution in [1.82, 2.24) is 10.3 Å². The largest absolute Gasteiger partial charge is 0.383 e. The van der Waals surface area contributed by atoms with E-state index in [0.29, 0.717) is 17.6 Å². The highest BCUT2D eigenvalue weighted by Gasteiger charge is 2.19. The molecule has 0 atom stereocenters. The molecule has 1 N–H and O–H groups in total. The van der Waals surface area contributed by atoms with Gasteiger partial charge in [0, 0.05) is 19.0 Å². The SMILES string of the molecule is O=CCCCCCCCCCCCNc1ccc([N+](=O)[O-])c2nonc12. The first-order valence-electron chi connectivity index (χ1n) is 9.31. The summed E-state index contributed by atoms with van der Waals surface area (Å²) < 4.78 is 4.65. The number of aldehydes is 1. The highest BCUT2D eigenvalue weighted by Crippen LogP contribution is 2.28. The molecule has 0 saturated carbocycles. The number of hydrogen-bond acceptors (Lipinski definition) is 7. The Labute approximate surface area is 152 Å². The number of nitro benzene ring substituents is 1. The zero-order valence-electron chi connectivity index (χ0n) is 15.0. The van der Waals surface area contributed by atoms with Crippen LogP contribution < -0.4 is 5.32 Å². The first-order chi connectivity index (χ1) is 12.7. The Morgan fingerprint density at radius 2 is 1.58 bits per heavy atom. The van der Waals surface area contributed by atoms with Gasteiger partial charge in [-0.25, -0.2) is 4.63 Å². The fourth-order valence-corrected chi connectivity index (χ4v) is 2.96. The standard InChI is InChI=1S/C18H26N4O4/c23-14-10-8-6-4-2-1-3-5-7-9-13-19-15-11-12-16(22(24)25)18-17(15)20-26-21-18/h11-12,14,19H,1-10,13H2. The molecule has 2 aromatic rings. The van der Waals surface area contributed by atoms with E-state index in [-0.39, 0.29) is 11.2 Å². The van der Waals surface area contributed by atoms with E-state index in [0.717, 1.165) is 38.5 Å². The highest BCUT2D eigenvalue weighted by molar-refractivity contribution is 5.93. The second-order valence-corrected chi connectivity index (χ2v) is 6.41. The maximum absolute atomic E-state index is 11.0. The average molecular weight is 362 g/mol. The summed E-state index contributed by atoms with van der Waals surface area (Å²) >= 11 is 0. The molecule has 0 saturated heterocycles. The zero-order chi connectivity index (χ0) is 18.6. The van der Waals surface area contributed by atoms with E-state index in [9.17, 15) is 14.9 Å². The van der Waals surface area contributed by atoms with Gasteiger partial charge in [-0.3, -0.25) is 10.1 Å². The van der Waals surface area contributed by atoms with Crippen LogP contribution in [0.25, 0.3) is 11.0 Å². The summed E-state index contributed by atoms with van der Waals surface area (Å²) in [6.45, 7) is 0.783. The van der Waals surface area contributed by atoms with Gasteiger partial charge in [-0.1, -0.05) is 44.9 Å². The number of nitrogens with zero attached hydrogens (tertiary/aromatic N) is 3. The number of anilines is 1. The van der Waals surface area contributed by atoms with E-state index in [1.165, 1.54) is 38.2 Å². The van der Waals surface area contributed by atoms with Crippen LogP contribution in [0, 0.1) is 10.1 Å². The molecule has 0 radical (unpaired) electrons. The van der Waals surface area contributed by atoms with Crippen LogP contribution in [0.5, 0.6) is 0 Å². The van der Waals surface area contributed by atoms with Gasteiger partial charge in [-0.05, 0) is 29.2 Å². The lowest BCUT2D eigenvalue weighted by Gasteiger charge is -2.06. The summed E-state index contributed by atoms with van der Waals surface area (Å²) in [5, 5.41) is 21.6. The second-order valence-electron chi connectivity index (χ2n) is 6.41. The van der Waals surface area contributed by atoms with Crippen LogP contribution >= 0.6 is 0 Å². The van der Waals surface area contributed by atoms with Gasteiger partial charge in [0.25, 0.3) is 0 Å². The van der Waals surface area contributed by atoms with Crippen molar-refractivity contribution < 1.29 is 14.3 Å². The Kier molecular flexibility index (Phi) is 8.51. The van der Waals surface area contributed by atoms with E-state index in [4.69, 9.17) is 0 Å². The molecule has 2 rings (SSSR count). The van der Waals surface area contributed by atoms with Crippen molar-refractivity contribution in [1.29, 1.82) is 0 Å². The Morgan fingerprint density at radius 1 is 0.962 bits per heavy atom. The Hall–Kier alpha value is -2.51. The van der Waals surface area contributed by atoms with Gasteiger partial charge in [-0.15, -0.1) is 0 Å². The Morgan fingerprint density at radius 3 is 2.23 bits per heavy atom. The molecule has 0 fully saturated rings. The molecular formula is C18H26N4O4. The number of hydrogen-bond donors (Lipinski definition) is 1. The van der Waals surface area contributed by atoms with Gasteiger partial charge in [0.05, 0.1) is 10.6 Å². The normalized spacial score (nSPS) is 10.9. The number of carbonyl (C=O) groups excluding carboxylic acids is 1. The van der Waals surface area contributed by atoms with Crippen molar-refractivity contribution >= 4 is 28.7 Å². The topological polar surface area (TPSA) is 111 Å². The van der Waals surface area contributed by atoms with E-state index < -0.39 is 4.92 Å². The molecule has 0 aliphatic carbocycles. The number of aromatic nitrogens is 2. The number of unbranched alkanes of at least 4 members (excludes halogenated alkanes) is 9. The minimum atomic E-state index is -0.487. The summed E-state index contributed by atoms with van der Waals surface area (Å²) in [7, 11) is 0. The molecule has 1 heterocycles. The number of carbonyl (C=O) groups is 1.